The van der Waals surface area contributed by atoms with Crippen molar-refractivity contribution in [2.45, 2.75) is 18.9 Å². The Morgan fingerprint density at radius 3 is 2.56 bits per heavy atom. The van der Waals surface area contributed by atoms with Crippen molar-refractivity contribution in [1.82, 2.24) is 9.97 Å². The number of hydrogen-bond donors (Lipinski definition) is 4. The summed E-state index contributed by atoms with van der Waals surface area (Å²) in [5.41, 5.74) is -0.737. The Bertz CT molecular complexity index is 320. The van der Waals surface area contributed by atoms with Crippen LogP contribution >= 0.6 is 0 Å². The Hall–Kier alpha value is -1.40. The number of aliphatic hydroxyl groups is 2. The van der Waals surface area contributed by atoms with Gasteiger partial charge in [-0.2, -0.15) is 4.98 Å². The van der Waals surface area contributed by atoms with Crippen LogP contribution in [0.1, 0.15) is 13.3 Å². The van der Waals surface area contributed by atoms with Crippen LogP contribution in [0.4, 0.5) is 11.8 Å². The summed E-state index contributed by atoms with van der Waals surface area (Å²) in [5.74, 6) is 1.06. The van der Waals surface area contributed by atoms with E-state index in [0.717, 1.165) is 0 Å². The van der Waals surface area contributed by atoms with E-state index in [0.29, 0.717) is 18.2 Å². The van der Waals surface area contributed by atoms with Crippen LogP contribution < -0.4 is 10.6 Å². The van der Waals surface area contributed by atoms with Crippen molar-refractivity contribution in [2.75, 3.05) is 30.9 Å². The monoisotopic (exact) mass is 226 g/mol. The quantitative estimate of drug-likeness (QED) is 0.548. The van der Waals surface area contributed by atoms with Crippen LogP contribution in [0.3, 0.4) is 0 Å². The maximum absolute atomic E-state index is 9.28. The average molecular weight is 226 g/mol. The van der Waals surface area contributed by atoms with Crippen molar-refractivity contribution in [1.29, 1.82) is 0 Å². The number of nitrogens with one attached hydrogen (secondary N) is 2. The first-order valence-corrected chi connectivity index (χ1v) is 5.20. The molecule has 6 nitrogen and oxygen atoms in total. The van der Waals surface area contributed by atoms with E-state index >= 15 is 0 Å². The molecule has 0 saturated carbocycles. The molecular formula is C10H18N4O2. The summed E-state index contributed by atoms with van der Waals surface area (Å²) in [5, 5.41) is 24.4. The lowest BCUT2D eigenvalue weighted by atomic mass is 9.98. The van der Waals surface area contributed by atoms with Gasteiger partial charge in [-0.25, -0.2) is 4.98 Å². The zero-order valence-electron chi connectivity index (χ0n) is 9.56. The number of anilines is 2. The van der Waals surface area contributed by atoms with Crippen molar-refractivity contribution < 1.29 is 10.2 Å². The van der Waals surface area contributed by atoms with Gasteiger partial charge in [0.1, 0.15) is 5.82 Å². The molecule has 4 N–H and O–H groups in total. The van der Waals surface area contributed by atoms with E-state index in [9.17, 15) is 10.2 Å². The third-order valence-electron chi connectivity index (χ3n) is 2.55. The summed E-state index contributed by atoms with van der Waals surface area (Å²) in [6, 6.07) is 1.69. The molecular weight excluding hydrogens is 208 g/mol. The molecule has 1 aromatic heterocycles. The van der Waals surface area contributed by atoms with Crippen molar-refractivity contribution in [3.05, 3.63) is 12.3 Å². The van der Waals surface area contributed by atoms with Gasteiger partial charge in [-0.05, 0) is 12.5 Å². The Kier molecular flexibility index (Phi) is 4.45. The molecule has 0 radical (unpaired) electrons. The molecule has 0 bridgehead atoms. The first-order valence-electron chi connectivity index (χ1n) is 5.20. The maximum Gasteiger partial charge on any atom is 0.224 e. The van der Waals surface area contributed by atoms with E-state index in [1.54, 1.807) is 19.3 Å². The van der Waals surface area contributed by atoms with Gasteiger partial charge in [-0.1, -0.05) is 6.92 Å². The molecule has 0 amide bonds. The molecule has 0 atom stereocenters. The molecule has 0 aliphatic rings. The second-order valence-electron chi connectivity index (χ2n) is 3.59. The smallest absolute Gasteiger partial charge is 0.224 e. The minimum Gasteiger partial charge on any atom is -0.394 e. The van der Waals surface area contributed by atoms with Gasteiger partial charge in [-0.15, -0.1) is 0 Å². The highest BCUT2D eigenvalue weighted by molar-refractivity contribution is 5.41. The van der Waals surface area contributed by atoms with Crippen LogP contribution in [0.25, 0.3) is 0 Å². The predicted molar refractivity (Wildman–Crippen MR) is 62.4 cm³/mol. The highest BCUT2D eigenvalue weighted by Crippen LogP contribution is 2.16. The molecule has 1 rings (SSSR count). The van der Waals surface area contributed by atoms with Crippen LogP contribution in [0, 0.1) is 0 Å². The molecule has 1 aromatic rings. The highest BCUT2D eigenvalue weighted by Gasteiger charge is 2.26. The van der Waals surface area contributed by atoms with E-state index in [1.165, 1.54) is 0 Å². The minimum atomic E-state index is -0.737. The van der Waals surface area contributed by atoms with E-state index in [1.807, 2.05) is 6.92 Å². The highest BCUT2D eigenvalue weighted by atomic mass is 16.3. The average Bonchev–Trinajstić information content (AvgIpc) is 2.36. The largest absolute Gasteiger partial charge is 0.394 e. The molecule has 0 aliphatic carbocycles. The summed E-state index contributed by atoms with van der Waals surface area (Å²) < 4.78 is 0. The van der Waals surface area contributed by atoms with Gasteiger partial charge < -0.3 is 20.8 Å². The van der Waals surface area contributed by atoms with Crippen molar-refractivity contribution >= 4 is 11.8 Å². The molecule has 0 unspecified atom stereocenters. The van der Waals surface area contributed by atoms with Crippen LogP contribution in [-0.2, 0) is 0 Å². The molecule has 0 aromatic carbocycles. The zero-order valence-corrected chi connectivity index (χ0v) is 9.56. The molecule has 1 heterocycles. The normalized spacial score (nSPS) is 11.2. The van der Waals surface area contributed by atoms with E-state index < -0.39 is 5.54 Å². The molecule has 16 heavy (non-hydrogen) atoms. The summed E-state index contributed by atoms with van der Waals surface area (Å²) in [6.07, 6.45) is 2.20. The number of nitrogens with zero attached hydrogens (tertiary/aromatic N) is 2. The summed E-state index contributed by atoms with van der Waals surface area (Å²) in [7, 11) is 1.73. The summed E-state index contributed by atoms with van der Waals surface area (Å²) >= 11 is 0. The first-order chi connectivity index (χ1) is 7.69. The van der Waals surface area contributed by atoms with Gasteiger partial charge in [0, 0.05) is 13.2 Å². The van der Waals surface area contributed by atoms with E-state index in [2.05, 4.69) is 20.6 Å². The lowest BCUT2D eigenvalue weighted by Crippen LogP contribution is -2.45. The van der Waals surface area contributed by atoms with Crippen LogP contribution in [0.2, 0.25) is 0 Å². The van der Waals surface area contributed by atoms with Crippen molar-refractivity contribution in [3.63, 3.8) is 0 Å². The van der Waals surface area contributed by atoms with Gasteiger partial charge in [0.25, 0.3) is 0 Å². The Balaban J connectivity index is 2.84. The van der Waals surface area contributed by atoms with Crippen molar-refractivity contribution in [3.8, 4) is 0 Å². The van der Waals surface area contributed by atoms with Gasteiger partial charge in [-0.3, -0.25) is 0 Å². The van der Waals surface area contributed by atoms with Gasteiger partial charge in [0.05, 0.1) is 18.8 Å². The molecule has 0 aliphatic heterocycles. The number of aliphatic hydroxyl groups excluding tert-OH is 2. The van der Waals surface area contributed by atoms with Gasteiger partial charge >= 0.3 is 0 Å². The third-order valence-corrected chi connectivity index (χ3v) is 2.55. The standard InChI is InChI=1S/C10H18N4O2/c1-3-10(6-15,7-16)14-8-4-5-12-9(11-2)13-8/h4-5,15-16H,3,6-7H2,1-2H3,(H2,11,12,13,14). The lowest BCUT2D eigenvalue weighted by Gasteiger charge is -2.30. The zero-order chi connectivity index (χ0) is 12.0. The fourth-order valence-corrected chi connectivity index (χ4v) is 1.26. The number of aromatic nitrogens is 2. The van der Waals surface area contributed by atoms with Crippen LogP contribution in [-0.4, -0.2) is 46.0 Å². The van der Waals surface area contributed by atoms with Crippen LogP contribution in [0.15, 0.2) is 12.3 Å². The Morgan fingerprint density at radius 1 is 1.38 bits per heavy atom. The molecule has 0 saturated heterocycles. The van der Waals surface area contributed by atoms with Crippen LogP contribution in [0.5, 0.6) is 0 Å². The second-order valence-corrected chi connectivity index (χ2v) is 3.59. The molecule has 0 spiro atoms. The maximum atomic E-state index is 9.28. The lowest BCUT2D eigenvalue weighted by molar-refractivity contribution is 0.132. The summed E-state index contributed by atoms with van der Waals surface area (Å²) in [6.45, 7) is 1.58. The van der Waals surface area contributed by atoms with Gasteiger partial charge in [0.15, 0.2) is 0 Å². The first kappa shape index (κ1) is 12.7. The SMILES string of the molecule is CCC(CO)(CO)Nc1ccnc(NC)n1. The topological polar surface area (TPSA) is 90.3 Å². The Morgan fingerprint density at radius 2 is 2.06 bits per heavy atom. The molecule has 6 heteroatoms. The number of hydrogen-bond acceptors (Lipinski definition) is 6. The van der Waals surface area contributed by atoms with E-state index in [-0.39, 0.29) is 13.2 Å². The summed E-state index contributed by atoms with van der Waals surface area (Å²) in [4.78, 5) is 8.14. The fraction of sp³-hybridized carbons (Fsp3) is 0.600. The van der Waals surface area contributed by atoms with E-state index in [4.69, 9.17) is 0 Å². The molecule has 0 fully saturated rings. The third kappa shape index (κ3) is 2.80. The second kappa shape index (κ2) is 5.62. The predicted octanol–water partition coefficient (Wildman–Crippen LogP) is 0.0636. The Labute approximate surface area is 94.7 Å². The van der Waals surface area contributed by atoms with Gasteiger partial charge in [0.2, 0.25) is 5.95 Å². The van der Waals surface area contributed by atoms with Crippen molar-refractivity contribution in [2.24, 2.45) is 0 Å². The molecule has 90 valence electrons. The number of rotatable bonds is 6. The fourth-order valence-electron chi connectivity index (χ4n) is 1.26. The minimum absolute atomic E-state index is 0.154.